The van der Waals surface area contributed by atoms with Crippen molar-refractivity contribution in [3.8, 4) is 0 Å². The van der Waals surface area contributed by atoms with Crippen molar-refractivity contribution in [3.63, 3.8) is 0 Å². The predicted octanol–water partition coefficient (Wildman–Crippen LogP) is 2.87. The second kappa shape index (κ2) is 9.62. The number of halogens is 1. The van der Waals surface area contributed by atoms with Gasteiger partial charge in [-0.15, -0.1) is 0 Å². The Morgan fingerprint density at radius 2 is 2.19 bits per heavy atom. The van der Waals surface area contributed by atoms with E-state index in [-0.39, 0.29) is 0 Å². The normalized spacial score (nSPS) is 17.5. The van der Waals surface area contributed by atoms with Gasteiger partial charge in [0.2, 0.25) is 0 Å². The van der Waals surface area contributed by atoms with Gasteiger partial charge in [-0.05, 0) is 50.1 Å². The predicted molar refractivity (Wildman–Crippen MR) is 111 cm³/mol. The van der Waals surface area contributed by atoms with Gasteiger partial charge in [-0.2, -0.15) is 5.10 Å². The summed E-state index contributed by atoms with van der Waals surface area (Å²) < 4.78 is 3.06. The van der Waals surface area contributed by atoms with E-state index in [9.17, 15) is 0 Å². The summed E-state index contributed by atoms with van der Waals surface area (Å²) in [4.78, 5) is 7.14. The van der Waals surface area contributed by atoms with Gasteiger partial charge in [0.15, 0.2) is 5.96 Å². The van der Waals surface area contributed by atoms with Gasteiger partial charge in [0.05, 0.1) is 0 Å². The molecule has 1 aromatic carbocycles. The van der Waals surface area contributed by atoms with E-state index in [2.05, 4.69) is 67.8 Å². The van der Waals surface area contributed by atoms with Crippen LogP contribution in [0.1, 0.15) is 19.8 Å². The highest BCUT2D eigenvalue weighted by molar-refractivity contribution is 9.10. The third-order valence-corrected chi connectivity index (χ3v) is 4.97. The van der Waals surface area contributed by atoms with Crippen LogP contribution in [0.25, 0.3) is 0 Å². The van der Waals surface area contributed by atoms with Crippen LogP contribution in [0.4, 0.5) is 5.69 Å². The molecule has 0 bridgehead atoms. The molecule has 3 rings (SSSR count). The van der Waals surface area contributed by atoms with E-state index in [1.807, 2.05) is 23.1 Å². The molecule has 2 N–H and O–H groups in total. The Labute approximate surface area is 163 Å². The summed E-state index contributed by atoms with van der Waals surface area (Å²) in [5.41, 5.74) is 1.28. The van der Waals surface area contributed by atoms with Crippen molar-refractivity contribution in [2.75, 3.05) is 31.1 Å². The molecular formula is C19H27BrN6. The van der Waals surface area contributed by atoms with E-state index >= 15 is 0 Å². The molecule has 0 saturated carbocycles. The molecule has 6 nitrogen and oxygen atoms in total. The number of guanidine groups is 1. The van der Waals surface area contributed by atoms with Crippen LogP contribution in [0.3, 0.4) is 0 Å². The van der Waals surface area contributed by atoms with Gasteiger partial charge in [0, 0.05) is 61.3 Å². The third kappa shape index (κ3) is 5.49. The average Bonchev–Trinajstić information content (AvgIpc) is 3.31. The summed E-state index contributed by atoms with van der Waals surface area (Å²) in [6, 6.07) is 10.9. The van der Waals surface area contributed by atoms with Crippen LogP contribution in [0.5, 0.6) is 0 Å². The minimum absolute atomic E-state index is 0.419. The van der Waals surface area contributed by atoms with Crippen molar-refractivity contribution in [2.24, 2.45) is 4.99 Å². The summed E-state index contributed by atoms with van der Waals surface area (Å²) in [6.45, 7) is 6.73. The lowest BCUT2D eigenvalue weighted by Crippen LogP contribution is -2.44. The first kappa shape index (κ1) is 18.8. The average molecular weight is 419 g/mol. The SMILES string of the molecule is CCNC(=NCCCn1cccn1)NC1CCN(c2ccc(Br)cc2)C1. The molecule has 0 radical (unpaired) electrons. The molecule has 1 aromatic heterocycles. The Hall–Kier alpha value is -2.02. The Morgan fingerprint density at radius 1 is 1.35 bits per heavy atom. The molecule has 1 fully saturated rings. The molecule has 140 valence electrons. The number of nitrogens with one attached hydrogen (secondary N) is 2. The first-order chi connectivity index (χ1) is 12.7. The monoisotopic (exact) mass is 418 g/mol. The van der Waals surface area contributed by atoms with Gasteiger partial charge < -0.3 is 15.5 Å². The molecule has 0 amide bonds. The molecule has 2 aromatic rings. The Kier molecular flexibility index (Phi) is 6.94. The van der Waals surface area contributed by atoms with E-state index in [1.165, 1.54) is 5.69 Å². The molecule has 1 atom stereocenters. The maximum atomic E-state index is 4.71. The molecule has 0 aliphatic carbocycles. The number of aliphatic imine (C=N–C) groups is 1. The second-order valence-electron chi connectivity index (χ2n) is 6.44. The molecule has 1 aliphatic heterocycles. The summed E-state index contributed by atoms with van der Waals surface area (Å²) in [5, 5.41) is 11.2. The van der Waals surface area contributed by atoms with Gasteiger partial charge >= 0.3 is 0 Å². The largest absolute Gasteiger partial charge is 0.369 e. The number of aryl methyl sites for hydroxylation is 1. The van der Waals surface area contributed by atoms with E-state index in [0.717, 1.165) is 56.0 Å². The fourth-order valence-corrected chi connectivity index (χ4v) is 3.40. The smallest absolute Gasteiger partial charge is 0.191 e. The Morgan fingerprint density at radius 3 is 2.92 bits per heavy atom. The number of hydrogen-bond donors (Lipinski definition) is 2. The van der Waals surface area contributed by atoms with E-state index in [1.54, 1.807) is 0 Å². The molecular weight excluding hydrogens is 392 g/mol. The van der Waals surface area contributed by atoms with E-state index in [0.29, 0.717) is 6.04 Å². The fourth-order valence-electron chi connectivity index (χ4n) is 3.13. The lowest BCUT2D eigenvalue weighted by atomic mass is 10.3. The van der Waals surface area contributed by atoms with Gasteiger partial charge in [-0.3, -0.25) is 9.67 Å². The topological polar surface area (TPSA) is 57.5 Å². The number of rotatable bonds is 7. The van der Waals surface area contributed by atoms with Crippen molar-refractivity contribution in [1.29, 1.82) is 0 Å². The zero-order chi connectivity index (χ0) is 18.2. The zero-order valence-corrected chi connectivity index (χ0v) is 16.8. The Bertz CT molecular complexity index is 683. The van der Waals surface area contributed by atoms with Crippen LogP contribution in [0, 0.1) is 0 Å². The maximum absolute atomic E-state index is 4.71. The zero-order valence-electron chi connectivity index (χ0n) is 15.2. The van der Waals surface area contributed by atoms with E-state index < -0.39 is 0 Å². The fraction of sp³-hybridized carbons (Fsp3) is 0.474. The minimum atomic E-state index is 0.419. The molecule has 1 unspecified atom stereocenters. The van der Waals surface area contributed by atoms with Gasteiger partial charge in [-0.1, -0.05) is 15.9 Å². The number of nitrogens with zero attached hydrogens (tertiary/aromatic N) is 4. The quantitative estimate of drug-likeness (QED) is 0.412. The highest BCUT2D eigenvalue weighted by atomic mass is 79.9. The third-order valence-electron chi connectivity index (χ3n) is 4.44. The van der Waals surface area contributed by atoms with Crippen molar-refractivity contribution >= 4 is 27.6 Å². The van der Waals surface area contributed by atoms with Crippen LogP contribution in [-0.2, 0) is 6.54 Å². The summed E-state index contributed by atoms with van der Waals surface area (Å²) in [7, 11) is 0. The van der Waals surface area contributed by atoms with Crippen molar-refractivity contribution < 1.29 is 0 Å². The highest BCUT2D eigenvalue weighted by Crippen LogP contribution is 2.22. The van der Waals surface area contributed by atoms with Crippen LogP contribution in [0.15, 0.2) is 52.2 Å². The summed E-state index contributed by atoms with van der Waals surface area (Å²) in [5.74, 6) is 0.913. The van der Waals surface area contributed by atoms with Crippen LogP contribution in [0.2, 0.25) is 0 Å². The molecule has 2 heterocycles. The van der Waals surface area contributed by atoms with Crippen molar-refractivity contribution in [3.05, 3.63) is 47.2 Å². The van der Waals surface area contributed by atoms with E-state index in [4.69, 9.17) is 4.99 Å². The minimum Gasteiger partial charge on any atom is -0.369 e. The standard InChI is InChI=1S/C19H27BrN6/c1-2-21-19(22-10-3-12-26-13-4-11-23-26)24-17-9-14-25(15-17)18-7-5-16(20)6-8-18/h4-8,11,13,17H,2-3,9-10,12,14-15H2,1H3,(H2,21,22,24). The number of benzene rings is 1. The summed E-state index contributed by atoms with van der Waals surface area (Å²) in [6.07, 6.45) is 5.90. The lowest BCUT2D eigenvalue weighted by Gasteiger charge is -2.20. The first-order valence-electron chi connectivity index (χ1n) is 9.27. The number of anilines is 1. The molecule has 26 heavy (non-hydrogen) atoms. The maximum Gasteiger partial charge on any atom is 0.191 e. The first-order valence-corrected chi connectivity index (χ1v) is 10.1. The highest BCUT2D eigenvalue weighted by Gasteiger charge is 2.23. The van der Waals surface area contributed by atoms with Crippen molar-refractivity contribution in [2.45, 2.75) is 32.4 Å². The molecule has 1 aliphatic rings. The van der Waals surface area contributed by atoms with Gasteiger partial charge in [0.25, 0.3) is 0 Å². The van der Waals surface area contributed by atoms with Crippen LogP contribution in [-0.4, -0.2) is 48.0 Å². The number of hydrogen-bond acceptors (Lipinski definition) is 3. The molecule has 7 heteroatoms. The lowest BCUT2D eigenvalue weighted by molar-refractivity contribution is 0.581. The van der Waals surface area contributed by atoms with Gasteiger partial charge in [-0.25, -0.2) is 0 Å². The van der Waals surface area contributed by atoms with Gasteiger partial charge in [0.1, 0.15) is 0 Å². The second-order valence-corrected chi connectivity index (χ2v) is 7.35. The molecule has 0 spiro atoms. The van der Waals surface area contributed by atoms with Crippen molar-refractivity contribution in [1.82, 2.24) is 20.4 Å². The van der Waals surface area contributed by atoms with Crippen LogP contribution < -0.4 is 15.5 Å². The van der Waals surface area contributed by atoms with Crippen LogP contribution >= 0.6 is 15.9 Å². The Balaban J connectivity index is 1.48. The summed E-state index contributed by atoms with van der Waals surface area (Å²) >= 11 is 3.50. The number of aromatic nitrogens is 2. The molecule has 1 saturated heterocycles.